The van der Waals surface area contributed by atoms with Gasteiger partial charge in [0.05, 0.1) is 0 Å². The van der Waals surface area contributed by atoms with Crippen LogP contribution in [-0.2, 0) is 17.8 Å². The van der Waals surface area contributed by atoms with Gasteiger partial charge >= 0.3 is 0 Å². The highest BCUT2D eigenvalue weighted by molar-refractivity contribution is 5.93. The minimum absolute atomic E-state index is 0.00323. The molecule has 0 aliphatic carbocycles. The highest BCUT2D eigenvalue weighted by Gasteiger charge is 2.29. The zero-order valence-corrected chi connectivity index (χ0v) is 15.4. The molecule has 1 aliphatic rings. The Morgan fingerprint density at radius 3 is 2.77 bits per heavy atom. The average Bonchev–Trinajstić information content (AvgIpc) is 3.15. The molecule has 0 unspecified atom stereocenters. The first-order valence-electron chi connectivity index (χ1n) is 9.56. The van der Waals surface area contributed by atoms with Crippen molar-refractivity contribution < 1.29 is 9.59 Å². The number of Topliss-reactive ketones (excluding diaryl/α,β-unsaturated/α-hetero) is 1. The van der Waals surface area contributed by atoms with Crippen LogP contribution in [0.3, 0.4) is 0 Å². The standard InChI is InChI=1S/C21H27N3O2/c1-2-14-24-19(12-13-22-24)21(26)23-15-6-9-18(16-23)20(25)11-10-17-7-4-3-5-8-17/h3-5,7-8,12-13,18H,2,6,9-11,14-16H2,1H3/t18-/m1/s1. The molecular weight excluding hydrogens is 326 g/mol. The van der Waals surface area contributed by atoms with Gasteiger partial charge in [-0.2, -0.15) is 5.10 Å². The number of aromatic nitrogens is 2. The van der Waals surface area contributed by atoms with Crippen molar-refractivity contribution in [3.8, 4) is 0 Å². The maximum atomic E-state index is 12.9. The molecule has 0 saturated carbocycles. The quantitative estimate of drug-likeness (QED) is 0.767. The summed E-state index contributed by atoms with van der Waals surface area (Å²) in [6, 6.07) is 11.9. The van der Waals surface area contributed by atoms with E-state index < -0.39 is 0 Å². The van der Waals surface area contributed by atoms with E-state index in [2.05, 4.69) is 24.2 Å². The van der Waals surface area contributed by atoms with E-state index in [-0.39, 0.29) is 17.6 Å². The lowest BCUT2D eigenvalue weighted by Gasteiger charge is -2.32. The highest BCUT2D eigenvalue weighted by atomic mass is 16.2. The summed E-state index contributed by atoms with van der Waals surface area (Å²) in [7, 11) is 0. The molecule has 0 radical (unpaired) electrons. The highest BCUT2D eigenvalue weighted by Crippen LogP contribution is 2.21. The molecule has 1 saturated heterocycles. The Morgan fingerprint density at radius 1 is 1.19 bits per heavy atom. The predicted octanol–water partition coefficient (Wildman–Crippen LogP) is 3.35. The van der Waals surface area contributed by atoms with Crippen LogP contribution in [0.2, 0.25) is 0 Å². The number of likely N-dealkylation sites (tertiary alicyclic amines) is 1. The first kappa shape index (κ1) is 18.4. The number of piperidine rings is 1. The molecular formula is C21H27N3O2. The van der Waals surface area contributed by atoms with Crippen LogP contribution in [0.15, 0.2) is 42.6 Å². The van der Waals surface area contributed by atoms with E-state index >= 15 is 0 Å². The molecule has 1 aromatic carbocycles. The maximum Gasteiger partial charge on any atom is 0.272 e. The number of benzene rings is 1. The smallest absolute Gasteiger partial charge is 0.272 e. The summed E-state index contributed by atoms with van der Waals surface area (Å²) in [6.45, 7) is 4.06. The maximum absolute atomic E-state index is 12.9. The lowest BCUT2D eigenvalue weighted by molar-refractivity contribution is -0.124. The Labute approximate surface area is 155 Å². The molecule has 5 heteroatoms. The Bertz CT molecular complexity index is 739. The molecule has 1 atom stereocenters. The number of carbonyl (C=O) groups is 2. The molecule has 0 bridgehead atoms. The largest absolute Gasteiger partial charge is 0.337 e. The van der Waals surface area contributed by atoms with Crippen LogP contribution >= 0.6 is 0 Å². The first-order chi connectivity index (χ1) is 12.7. The first-order valence-corrected chi connectivity index (χ1v) is 9.56. The fourth-order valence-corrected chi connectivity index (χ4v) is 3.61. The second kappa shape index (κ2) is 8.79. The van der Waals surface area contributed by atoms with Crippen LogP contribution in [0.5, 0.6) is 0 Å². The molecule has 0 N–H and O–H groups in total. The molecule has 1 amide bonds. The molecule has 1 aliphatic heterocycles. The minimum atomic E-state index is -0.0426. The van der Waals surface area contributed by atoms with Crippen LogP contribution in [0, 0.1) is 5.92 Å². The van der Waals surface area contributed by atoms with Crippen LogP contribution in [-0.4, -0.2) is 39.5 Å². The van der Waals surface area contributed by atoms with Crippen molar-refractivity contribution in [3.63, 3.8) is 0 Å². The molecule has 2 heterocycles. The summed E-state index contributed by atoms with van der Waals surface area (Å²) < 4.78 is 1.77. The van der Waals surface area contributed by atoms with Gasteiger partial charge in [0.1, 0.15) is 11.5 Å². The molecule has 0 spiro atoms. The van der Waals surface area contributed by atoms with Crippen LogP contribution in [0.1, 0.15) is 48.7 Å². The van der Waals surface area contributed by atoms with Crippen molar-refractivity contribution >= 4 is 11.7 Å². The molecule has 2 aromatic rings. The summed E-state index contributed by atoms with van der Waals surface area (Å²) in [5.74, 6) is 0.226. The van der Waals surface area contributed by atoms with Crippen molar-refractivity contribution in [1.82, 2.24) is 14.7 Å². The zero-order chi connectivity index (χ0) is 18.4. The van der Waals surface area contributed by atoms with E-state index in [0.29, 0.717) is 18.7 Å². The van der Waals surface area contributed by atoms with Gasteiger partial charge in [0.15, 0.2) is 0 Å². The van der Waals surface area contributed by atoms with Gasteiger partial charge in [-0.25, -0.2) is 0 Å². The number of hydrogen-bond donors (Lipinski definition) is 0. The van der Waals surface area contributed by atoms with Crippen molar-refractivity contribution in [2.75, 3.05) is 13.1 Å². The Hall–Kier alpha value is -2.43. The van der Waals surface area contributed by atoms with Crippen LogP contribution in [0.4, 0.5) is 0 Å². The second-order valence-corrected chi connectivity index (χ2v) is 6.98. The van der Waals surface area contributed by atoms with Gasteiger partial charge in [0.2, 0.25) is 0 Å². The van der Waals surface area contributed by atoms with Gasteiger partial charge in [-0.05, 0) is 37.3 Å². The minimum Gasteiger partial charge on any atom is -0.337 e. The van der Waals surface area contributed by atoms with Gasteiger partial charge in [-0.3, -0.25) is 14.3 Å². The number of rotatable bonds is 7. The molecule has 26 heavy (non-hydrogen) atoms. The molecule has 138 valence electrons. The average molecular weight is 353 g/mol. The van der Waals surface area contributed by atoms with Gasteiger partial charge in [0, 0.05) is 38.2 Å². The van der Waals surface area contributed by atoms with E-state index in [1.165, 1.54) is 5.56 Å². The van der Waals surface area contributed by atoms with Gasteiger partial charge in [-0.15, -0.1) is 0 Å². The third kappa shape index (κ3) is 4.40. The predicted molar refractivity (Wildman–Crippen MR) is 101 cm³/mol. The van der Waals surface area contributed by atoms with E-state index in [9.17, 15) is 9.59 Å². The second-order valence-electron chi connectivity index (χ2n) is 6.98. The van der Waals surface area contributed by atoms with Crippen molar-refractivity contribution in [1.29, 1.82) is 0 Å². The summed E-state index contributed by atoms with van der Waals surface area (Å²) in [5.41, 5.74) is 1.82. The Balaban J connectivity index is 1.58. The molecule has 3 rings (SSSR count). The number of aryl methyl sites for hydroxylation is 2. The number of hydrogen-bond acceptors (Lipinski definition) is 3. The van der Waals surface area contributed by atoms with E-state index in [1.807, 2.05) is 23.1 Å². The van der Waals surface area contributed by atoms with Gasteiger partial charge in [-0.1, -0.05) is 37.3 Å². The fourth-order valence-electron chi connectivity index (χ4n) is 3.61. The molecule has 1 aromatic heterocycles. The summed E-state index contributed by atoms with van der Waals surface area (Å²) >= 11 is 0. The number of amides is 1. The monoisotopic (exact) mass is 353 g/mol. The number of ketones is 1. The van der Waals surface area contributed by atoms with E-state index in [0.717, 1.165) is 38.8 Å². The summed E-state index contributed by atoms with van der Waals surface area (Å²) in [6.07, 6.45) is 5.69. The Kier molecular flexibility index (Phi) is 6.21. The van der Waals surface area contributed by atoms with Crippen LogP contribution in [0.25, 0.3) is 0 Å². The fraction of sp³-hybridized carbons (Fsp3) is 0.476. The van der Waals surface area contributed by atoms with Crippen molar-refractivity contribution in [2.24, 2.45) is 5.92 Å². The molecule has 1 fully saturated rings. The zero-order valence-electron chi connectivity index (χ0n) is 15.4. The summed E-state index contributed by atoms with van der Waals surface area (Å²) in [5, 5.41) is 4.24. The van der Waals surface area contributed by atoms with Gasteiger partial charge in [0.25, 0.3) is 5.91 Å². The third-order valence-corrected chi connectivity index (χ3v) is 5.04. The van der Waals surface area contributed by atoms with Crippen molar-refractivity contribution in [2.45, 2.75) is 45.6 Å². The van der Waals surface area contributed by atoms with Crippen molar-refractivity contribution in [3.05, 3.63) is 53.9 Å². The van der Waals surface area contributed by atoms with E-state index in [4.69, 9.17) is 0 Å². The molecule has 5 nitrogen and oxygen atoms in total. The summed E-state index contributed by atoms with van der Waals surface area (Å²) in [4.78, 5) is 27.3. The van der Waals surface area contributed by atoms with Gasteiger partial charge < -0.3 is 4.90 Å². The number of carbonyl (C=O) groups excluding carboxylic acids is 2. The van der Waals surface area contributed by atoms with E-state index in [1.54, 1.807) is 16.9 Å². The Morgan fingerprint density at radius 2 is 2.00 bits per heavy atom. The topological polar surface area (TPSA) is 55.2 Å². The lowest BCUT2D eigenvalue weighted by atomic mass is 9.90. The lowest BCUT2D eigenvalue weighted by Crippen LogP contribution is -2.43. The van der Waals surface area contributed by atoms with Crippen LogP contribution < -0.4 is 0 Å². The normalized spacial score (nSPS) is 17.3. The number of nitrogens with zero attached hydrogens (tertiary/aromatic N) is 3. The SMILES string of the molecule is CCCn1nccc1C(=O)N1CCC[C@@H](C(=O)CCc2ccccc2)C1. The third-order valence-electron chi connectivity index (χ3n) is 5.04.